The van der Waals surface area contributed by atoms with Crippen molar-refractivity contribution in [2.75, 3.05) is 0 Å². The molecular weight excluding hydrogens is 256 g/mol. The van der Waals surface area contributed by atoms with Gasteiger partial charge in [-0.25, -0.2) is 0 Å². The molecule has 21 heavy (non-hydrogen) atoms. The normalized spacial score (nSPS) is 12.0. The van der Waals surface area contributed by atoms with Gasteiger partial charge in [0.1, 0.15) is 0 Å². The van der Waals surface area contributed by atoms with E-state index in [0.717, 1.165) is 11.1 Å². The van der Waals surface area contributed by atoms with Crippen LogP contribution in [0.15, 0.2) is 79.4 Å². The molecule has 0 radical (unpaired) electrons. The van der Waals surface area contributed by atoms with Crippen LogP contribution < -0.4 is 0 Å². The Bertz CT molecular complexity index is 649. The van der Waals surface area contributed by atoms with Crippen LogP contribution in [0.25, 0.3) is 5.57 Å². The number of rotatable bonds is 5. The lowest BCUT2D eigenvalue weighted by molar-refractivity contribution is 0.104. The molecule has 0 aliphatic rings. The van der Waals surface area contributed by atoms with Crippen molar-refractivity contribution in [1.82, 2.24) is 0 Å². The molecule has 0 fully saturated rings. The molecule has 2 aromatic carbocycles. The number of carbonyl (C=O) groups is 1. The van der Waals surface area contributed by atoms with Gasteiger partial charge in [0.05, 0.1) is 0 Å². The van der Waals surface area contributed by atoms with Gasteiger partial charge in [-0.05, 0) is 17.2 Å². The summed E-state index contributed by atoms with van der Waals surface area (Å²) < 4.78 is 0. The van der Waals surface area contributed by atoms with Crippen molar-refractivity contribution in [1.29, 1.82) is 0 Å². The quantitative estimate of drug-likeness (QED) is 0.418. The molecular formula is C20H20O. The Morgan fingerprint density at radius 1 is 0.905 bits per heavy atom. The molecule has 0 heterocycles. The van der Waals surface area contributed by atoms with Gasteiger partial charge in [0, 0.05) is 11.0 Å². The summed E-state index contributed by atoms with van der Waals surface area (Å²) >= 11 is 0. The fourth-order valence-electron chi connectivity index (χ4n) is 2.19. The zero-order chi connectivity index (χ0) is 15.3. The second kappa shape index (κ2) is 6.36. The Balaban J connectivity index is 2.48. The maximum Gasteiger partial charge on any atom is 0.186 e. The van der Waals surface area contributed by atoms with Crippen LogP contribution in [-0.4, -0.2) is 5.78 Å². The van der Waals surface area contributed by atoms with E-state index in [1.54, 1.807) is 6.08 Å². The third kappa shape index (κ3) is 3.57. The molecule has 1 nitrogen and oxygen atoms in total. The summed E-state index contributed by atoms with van der Waals surface area (Å²) in [5.41, 5.74) is 2.45. The van der Waals surface area contributed by atoms with Crippen LogP contribution in [0.3, 0.4) is 0 Å². The Morgan fingerprint density at radius 3 is 1.86 bits per heavy atom. The highest BCUT2D eigenvalue weighted by Crippen LogP contribution is 2.35. The van der Waals surface area contributed by atoms with Crippen LogP contribution >= 0.6 is 0 Å². The minimum absolute atomic E-state index is 0.0179. The maximum absolute atomic E-state index is 12.5. The number of ketones is 1. The zero-order valence-electron chi connectivity index (χ0n) is 12.5. The van der Waals surface area contributed by atoms with Gasteiger partial charge in [0.25, 0.3) is 0 Å². The highest BCUT2D eigenvalue weighted by Gasteiger charge is 2.22. The zero-order valence-corrected chi connectivity index (χ0v) is 12.5. The first-order valence-corrected chi connectivity index (χ1v) is 7.05. The monoisotopic (exact) mass is 276 g/mol. The number of hydrogen-bond donors (Lipinski definition) is 0. The van der Waals surface area contributed by atoms with E-state index in [1.807, 2.05) is 66.7 Å². The van der Waals surface area contributed by atoms with E-state index in [2.05, 4.69) is 20.4 Å². The van der Waals surface area contributed by atoms with Crippen molar-refractivity contribution in [3.63, 3.8) is 0 Å². The van der Waals surface area contributed by atoms with Crippen molar-refractivity contribution in [2.24, 2.45) is 5.41 Å². The molecule has 0 aromatic heterocycles. The van der Waals surface area contributed by atoms with E-state index in [0.29, 0.717) is 5.56 Å². The molecule has 0 spiro atoms. The molecule has 0 bridgehead atoms. The number of allylic oxidation sites excluding steroid dienone is 3. The third-order valence-electron chi connectivity index (χ3n) is 3.62. The second-order valence-corrected chi connectivity index (χ2v) is 5.58. The molecule has 2 rings (SSSR count). The van der Waals surface area contributed by atoms with Crippen molar-refractivity contribution in [3.8, 4) is 0 Å². The van der Waals surface area contributed by atoms with E-state index in [4.69, 9.17) is 0 Å². The lowest BCUT2D eigenvalue weighted by atomic mass is 9.79. The molecule has 0 saturated heterocycles. The SMILES string of the molecule is C=CC(C)(C)/C(=C\C(=O)c1ccccc1)c1ccccc1. The summed E-state index contributed by atoms with van der Waals surface area (Å²) in [6.45, 7) is 8.04. The minimum atomic E-state index is -0.272. The minimum Gasteiger partial charge on any atom is -0.289 e. The van der Waals surface area contributed by atoms with Crippen molar-refractivity contribution < 1.29 is 4.79 Å². The highest BCUT2D eigenvalue weighted by molar-refractivity contribution is 6.09. The lowest BCUT2D eigenvalue weighted by Gasteiger charge is -2.24. The predicted molar refractivity (Wildman–Crippen MR) is 89.2 cm³/mol. The van der Waals surface area contributed by atoms with Gasteiger partial charge in [-0.1, -0.05) is 80.6 Å². The maximum atomic E-state index is 12.5. The fourth-order valence-corrected chi connectivity index (χ4v) is 2.19. The average molecular weight is 276 g/mol. The van der Waals surface area contributed by atoms with Crippen LogP contribution in [0.2, 0.25) is 0 Å². The summed E-state index contributed by atoms with van der Waals surface area (Å²) in [6.07, 6.45) is 3.61. The van der Waals surface area contributed by atoms with E-state index >= 15 is 0 Å². The van der Waals surface area contributed by atoms with Gasteiger partial charge in [0.15, 0.2) is 5.78 Å². The van der Waals surface area contributed by atoms with Crippen molar-refractivity contribution >= 4 is 11.4 Å². The largest absolute Gasteiger partial charge is 0.289 e. The second-order valence-electron chi connectivity index (χ2n) is 5.58. The van der Waals surface area contributed by atoms with E-state index in [1.165, 1.54) is 0 Å². The summed E-state index contributed by atoms with van der Waals surface area (Å²) in [6, 6.07) is 19.3. The van der Waals surface area contributed by atoms with Gasteiger partial charge in [0.2, 0.25) is 0 Å². The van der Waals surface area contributed by atoms with Crippen molar-refractivity contribution in [3.05, 3.63) is 90.5 Å². The molecule has 0 aliphatic heterocycles. The molecule has 1 heteroatoms. The van der Waals surface area contributed by atoms with Crippen LogP contribution in [0.4, 0.5) is 0 Å². The topological polar surface area (TPSA) is 17.1 Å². The summed E-state index contributed by atoms with van der Waals surface area (Å²) in [4.78, 5) is 12.5. The number of carbonyl (C=O) groups excluding carboxylic acids is 1. The first-order chi connectivity index (χ1) is 10.0. The molecule has 0 N–H and O–H groups in total. The third-order valence-corrected chi connectivity index (χ3v) is 3.62. The smallest absolute Gasteiger partial charge is 0.186 e. The Morgan fingerprint density at radius 2 is 1.38 bits per heavy atom. The Labute approximate surface area is 126 Å². The van der Waals surface area contributed by atoms with Crippen LogP contribution in [0.1, 0.15) is 29.8 Å². The van der Waals surface area contributed by atoms with Crippen LogP contribution in [-0.2, 0) is 0 Å². The van der Waals surface area contributed by atoms with Gasteiger partial charge in [-0.15, -0.1) is 6.58 Å². The highest BCUT2D eigenvalue weighted by atomic mass is 16.1. The standard InChI is InChI=1S/C20H20O/c1-4-20(2,3)18(16-11-7-5-8-12-16)15-19(21)17-13-9-6-10-14-17/h4-15H,1H2,2-3H3/b18-15-. The van der Waals surface area contributed by atoms with Gasteiger partial charge >= 0.3 is 0 Å². The Hall–Kier alpha value is -2.41. The van der Waals surface area contributed by atoms with Crippen LogP contribution in [0.5, 0.6) is 0 Å². The van der Waals surface area contributed by atoms with E-state index < -0.39 is 0 Å². The fraction of sp³-hybridized carbons (Fsp3) is 0.150. The molecule has 0 saturated carbocycles. The average Bonchev–Trinajstić information content (AvgIpc) is 2.54. The molecule has 0 amide bonds. The number of benzene rings is 2. The van der Waals surface area contributed by atoms with E-state index in [9.17, 15) is 4.79 Å². The molecule has 2 aromatic rings. The summed E-state index contributed by atoms with van der Waals surface area (Å²) in [7, 11) is 0. The first-order valence-electron chi connectivity index (χ1n) is 7.05. The van der Waals surface area contributed by atoms with Gasteiger partial charge in [-0.3, -0.25) is 4.79 Å². The lowest BCUT2D eigenvalue weighted by Crippen LogP contribution is -2.12. The molecule has 0 unspecified atom stereocenters. The van der Waals surface area contributed by atoms with Gasteiger partial charge < -0.3 is 0 Å². The van der Waals surface area contributed by atoms with Crippen LogP contribution in [0, 0.1) is 5.41 Å². The predicted octanol–water partition coefficient (Wildman–Crippen LogP) is 5.17. The Kier molecular flexibility index (Phi) is 4.54. The summed E-state index contributed by atoms with van der Waals surface area (Å²) in [5, 5.41) is 0. The molecule has 0 aliphatic carbocycles. The summed E-state index contributed by atoms with van der Waals surface area (Å²) in [5.74, 6) is 0.0179. The van der Waals surface area contributed by atoms with Crippen molar-refractivity contribution in [2.45, 2.75) is 13.8 Å². The first kappa shape index (κ1) is 15.0. The molecule has 0 atom stereocenters. The molecule has 106 valence electrons. The van der Waals surface area contributed by atoms with E-state index in [-0.39, 0.29) is 11.2 Å². The number of hydrogen-bond acceptors (Lipinski definition) is 1. The van der Waals surface area contributed by atoms with Gasteiger partial charge in [-0.2, -0.15) is 0 Å².